The number of aromatic nitrogens is 1. The van der Waals surface area contributed by atoms with E-state index in [1.165, 1.54) is 22.2 Å². The molecule has 17 heavy (non-hydrogen) atoms. The zero-order valence-electron chi connectivity index (χ0n) is 11.1. The molecule has 0 saturated carbocycles. The van der Waals surface area contributed by atoms with Gasteiger partial charge in [0.05, 0.1) is 5.52 Å². The molecule has 0 aliphatic rings. The van der Waals surface area contributed by atoms with Crippen molar-refractivity contribution in [2.24, 2.45) is 0 Å². The highest BCUT2D eigenvalue weighted by Gasteiger charge is 2.08. The molecule has 0 unspecified atom stereocenters. The molecule has 2 aromatic rings. The first kappa shape index (κ1) is 11.9. The number of nitrogens with one attached hydrogen (secondary N) is 1. The van der Waals surface area contributed by atoms with E-state index >= 15 is 0 Å². The molecule has 1 heterocycles. The Bertz CT molecular complexity index is 544. The van der Waals surface area contributed by atoms with E-state index in [0.29, 0.717) is 0 Å². The minimum absolute atomic E-state index is 1.01. The van der Waals surface area contributed by atoms with Crippen molar-refractivity contribution in [1.82, 2.24) is 4.98 Å². The first-order valence-electron chi connectivity index (χ1n) is 6.25. The van der Waals surface area contributed by atoms with Crippen LogP contribution in [0.3, 0.4) is 0 Å². The van der Waals surface area contributed by atoms with Gasteiger partial charge in [0, 0.05) is 23.3 Å². The summed E-state index contributed by atoms with van der Waals surface area (Å²) in [7, 11) is 0. The van der Waals surface area contributed by atoms with Gasteiger partial charge in [-0.05, 0) is 44.9 Å². The standard InChI is InChI=1S/C15H20N2/c1-5-8-16-15-11(3)12(4)17-14-7-6-10(2)9-13(14)15/h6-7,9H,5,8H2,1-4H3,(H,16,17). The highest BCUT2D eigenvalue weighted by molar-refractivity contribution is 5.93. The predicted molar refractivity (Wildman–Crippen MR) is 74.7 cm³/mol. The molecule has 0 atom stereocenters. The van der Waals surface area contributed by atoms with E-state index in [4.69, 9.17) is 0 Å². The zero-order valence-corrected chi connectivity index (χ0v) is 11.1. The molecular formula is C15H20N2. The lowest BCUT2D eigenvalue weighted by atomic mass is 10.1. The Morgan fingerprint density at radius 3 is 2.65 bits per heavy atom. The quantitative estimate of drug-likeness (QED) is 0.859. The van der Waals surface area contributed by atoms with E-state index in [2.05, 4.69) is 56.2 Å². The largest absolute Gasteiger partial charge is 0.384 e. The van der Waals surface area contributed by atoms with E-state index in [-0.39, 0.29) is 0 Å². The predicted octanol–water partition coefficient (Wildman–Crippen LogP) is 3.98. The molecule has 0 saturated heterocycles. The maximum absolute atomic E-state index is 4.65. The lowest BCUT2D eigenvalue weighted by molar-refractivity contribution is 0.977. The highest BCUT2D eigenvalue weighted by atomic mass is 14.9. The minimum atomic E-state index is 1.01. The number of aryl methyl sites for hydroxylation is 2. The number of benzene rings is 1. The van der Waals surface area contributed by atoms with Crippen molar-refractivity contribution in [3.8, 4) is 0 Å². The third kappa shape index (κ3) is 2.26. The number of rotatable bonds is 3. The molecule has 0 radical (unpaired) electrons. The van der Waals surface area contributed by atoms with Crippen molar-refractivity contribution in [2.45, 2.75) is 34.1 Å². The number of nitrogens with zero attached hydrogens (tertiary/aromatic N) is 1. The maximum atomic E-state index is 4.65. The first-order valence-corrected chi connectivity index (χ1v) is 6.25. The molecular weight excluding hydrogens is 208 g/mol. The lowest BCUT2D eigenvalue weighted by Crippen LogP contribution is -2.04. The normalized spacial score (nSPS) is 10.8. The molecule has 0 fully saturated rings. The van der Waals surface area contributed by atoms with Gasteiger partial charge in [-0.1, -0.05) is 18.6 Å². The minimum Gasteiger partial charge on any atom is -0.384 e. The number of fused-ring (bicyclic) bond motifs is 1. The van der Waals surface area contributed by atoms with Crippen molar-refractivity contribution < 1.29 is 0 Å². The van der Waals surface area contributed by atoms with Crippen LogP contribution in [0.1, 0.15) is 30.2 Å². The molecule has 2 rings (SSSR count). The third-order valence-corrected chi connectivity index (χ3v) is 3.18. The molecule has 0 amide bonds. The van der Waals surface area contributed by atoms with Crippen molar-refractivity contribution >= 4 is 16.6 Å². The summed E-state index contributed by atoms with van der Waals surface area (Å²) in [5.74, 6) is 0. The summed E-state index contributed by atoms with van der Waals surface area (Å²) >= 11 is 0. The summed E-state index contributed by atoms with van der Waals surface area (Å²) in [6, 6.07) is 6.44. The summed E-state index contributed by atoms with van der Waals surface area (Å²) in [4.78, 5) is 4.65. The van der Waals surface area contributed by atoms with Gasteiger partial charge in [-0.15, -0.1) is 0 Å². The van der Waals surface area contributed by atoms with Crippen LogP contribution in [0.15, 0.2) is 18.2 Å². The number of hydrogen-bond donors (Lipinski definition) is 1. The van der Waals surface area contributed by atoms with Gasteiger partial charge in [0.2, 0.25) is 0 Å². The molecule has 1 N–H and O–H groups in total. The lowest BCUT2D eigenvalue weighted by Gasteiger charge is -2.14. The van der Waals surface area contributed by atoms with Gasteiger partial charge in [-0.25, -0.2) is 0 Å². The maximum Gasteiger partial charge on any atom is 0.0726 e. The summed E-state index contributed by atoms with van der Waals surface area (Å²) in [5, 5.41) is 4.77. The average molecular weight is 228 g/mol. The van der Waals surface area contributed by atoms with Gasteiger partial charge in [-0.2, -0.15) is 0 Å². The molecule has 0 aliphatic carbocycles. The topological polar surface area (TPSA) is 24.9 Å². The van der Waals surface area contributed by atoms with Crippen LogP contribution in [0.2, 0.25) is 0 Å². The van der Waals surface area contributed by atoms with Crippen LogP contribution in [0.4, 0.5) is 5.69 Å². The smallest absolute Gasteiger partial charge is 0.0726 e. The second-order valence-electron chi connectivity index (χ2n) is 4.64. The molecule has 0 bridgehead atoms. The molecule has 0 spiro atoms. The van der Waals surface area contributed by atoms with E-state index < -0.39 is 0 Å². The van der Waals surface area contributed by atoms with Crippen LogP contribution in [-0.4, -0.2) is 11.5 Å². The SMILES string of the molecule is CCCNc1c(C)c(C)nc2ccc(C)cc12. The Hall–Kier alpha value is -1.57. The Balaban J connectivity index is 2.66. The van der Waals surface area contributed by atoms with E-state index in [0.717, 1.165) is 24.2 Å². The summed E-state index contributed by atoms with van der Waals surface area (Å²) in [6.07, 6.45) is 1.13. The Labute approximate surface area is 103 Å². The molecule has 2 heteroatoms. The van der Waals surface area contributed by atoms with Crippen LogP contribution in [0.25, 0.3) is 10.9 Å². The Kier molecular flexibility index (Phi) is 3.32. The second-order valence-corrected chi connectivity index (χ2v) is 4.64. The van der Waals surface area contributed by atoms with E-state index in [1.54, 1.807) is 0 Å². The summed E-state index contributed by atoms with van der Waals surface area (Å²) < 4.78 is 0. The fourth-order valence-corrected chi connectivity index (χ4v) is 2.07. The van der Waals surface area contributed by atoms with Gasteiger partial charge in [0.15, 0.2) is 0 Å². The third-order valence-electron chi connectivity index (χ3n) is 3.18. The molecule has 0 aliphatic heterocycles. The number of pyridine rings is 1. The monoisotopic (exact) mass is 228 g/mol. The van der Waals surface area contributed by atoms with Gasteiger partial charge in [0.25, 0.3) is 0 Å². The van der Waals surface area contributed by atoms with Gasteiger partial charge < -0.3 is 5.32 Å². The van der Waals surface area contributed by atoms with Crippen molar-refractivity contribution in [3.05, 3.63) is 35.0 Å². The number of anilines is 1. The second kappa shape index (κ2) is 4.74. The van der Waals surface area contributed by atoms with Gasteiger partial charge in [0.1, 0.15) is 0 Å². The molecule has 2 nitrogen and oxygen atoms in total. The van der Waals surface area contributed by atoms with Gasteiger partial charge in [-0.3, -0.25) is 4.98 Å². The van der Waals surface area contributed by atoms with Crippen molar-refractivity contribution in [1.29, 1.82) is 0 Å². The zero-order chi connectivity index (χ0) is 12.4. The fourth-order valence-electron chi connectivity index (χ4n) is 2.07. The molecule has 1 aromatic carbocycles. The van der Waals surface area contributed by atoms with E-state index in [9.17, 15) is 0 Å². The highest BCUT2D eigenvalue weighted by Crippen LogP contribution is 2.28. The van der Waals surface area contributed by atoms with Crippen molar-refractivity contribution in [3.63, 3.8) is 0 Å². The first-order chi connectivity index (χ1) is 8.13. The molecule has 90 valence electrons. The van der Waals surface area contributed by atoms with Crippen molar-refractivity contribution in [2.75, 3.05) is 11.9 Å². The van der Waals surface area contributed by atoms with Crippen LogP contribution >= 0.6 is 0 Å². The van der Waals surface area contributed by atoms with Crippen LogP contribution in [-0.2, 0) is 0 Å². The van der Waals surface area contributed by atoms with Gasteiger partial charge >= 0.3 is 0 Å². The van der Waals surface area contributed by atoms with E-state index in [1.807, 2.05) is 0 Å². The summed E-state index contributed by atoms with van der Waals surface area (Å²) in [5.41, 5.74) is 5.98. The average Bonchev–Trinajstić information content (AvgIpc) is 2.31. The Morgan fingerprint density at radius 2 is 1.94 bits per heavy atom. The Morgan fingerprint density at radius 1 is 1.18 bits per heavy atom. The van der Waals surface area contributed by atoms with Crippen LogP contribution in [0, 0.1) is 20.8 Å². The summed E-state index contributed by atoms with van der Waals surface area (Å²) in [6.45, 7) is 9.53. The molecule has 1 aromatic heterocycles. The van der Waals surface area contributed by atoms with Crippen LogP contribution < -0.4 is 5.32 Å². The number of hydrogen-bond acceptors (Lipinski definition) is 2. The fraction of sp³-hybridized carbons (Fsp3) is 0.400. The van der Waals surface area contributed by atoms with Crippen LogP contribution in [0.5, 0.6) is 0 Å².